The number of rotatable bonds is 3. The van der Waals surface area contributed by atoms with Gasteiger partial charge in [0, 0.05) is 5.56 Å². The molecule has 3 aromatic rings. The maximum Gasteiger partial charge on any atom is 0.296 e. The van der Waals surface area contributed by atoms with Gasteiger partial charge in [0.2, 0.25) is 6.79 Å². The molecule has 2 fully saturated rings. The van der Waals surface area contributed by atoms with Gasteiger partial charge in [-0.2, -0.15) is 4.98 Å². The number of aliphatic hydroxyl groups excluding tert-OH is 1. The van der Waals surface area contributed by atoms with Gasteiger partial charge >= 0.3 is 0 Å². The molecule has 0 spiro atoms. The number of ether oxygens (including phenoxy) is 5. The molecule has 2 N–H and O–H groups in total. The van der Waals surface area contributed by atoms with Crippen molar-refractivity contribution in [2.75, 3.05) is 20.0 Å². The van der Waals surface area contributed by atoms with Crippen LogP contribution in [0.25, 0.3) is 22.4 Å². The van der Waals surface area contributed by atoms with Crippen LogP contribution in [0.5, 0.6) is 17.5 Å². The van der Waals surface area contributed by atoms with Gasteiger partial charge in [0.25, 0.3) is 6.01 Å². The van der Waals surface area contributed by atoms with Crippen molar-refractivity contribution in [1.29, 1.82) is 0 Å². The van der Waals surface area contributed by atoms with Crippen molar-refractivity contribution < 1.29 is 28.8 Å². The first kappa shape index (κ1) is 17.3. The van der Waals surface area contributed by atoms with E-state index in [2.05, 4.69) is 15.0 Å². The summed E-state index contributed by atoms with van der Waals surface area (Å²) in [7, 11) is 0. The largest absolute Gasteiger partial charge is 0.456 e. The second-order valence-corrected chi connectivity index (χ2v) is 7.53. The summed E-state index contributed by atoms with van der Waals surface area (Å²) in [6, 6.07) is 7.59. The Morgan fingerprint density at radius 2 is 1.93 bits per heavy atom. The standard InChI is InChI=1S/C19H16ClN3O6/c20-9-4-10-18(22-15(9)8-1-2-12-13(3-8)28-7-27-12)23-19(21-10)29-14-6-26-16-11(24)5-25-17(14)16/h1-4,11,14,16-17,24H,5-7H2,(H,21,22,23)/t11-,14-,16-,17-/m1/s1. The van der Waals surface area contributed by atoms with Gasteiger partial charge in [-0.3, -0.25) is 0 Å². The number of hydrogen-bond donors (Lipinski definition) is 2. The van der Waals surface area contributed by atoms with Crippen LogP contribution in [0.2, 0.25) is 5.02 Å². The Morgan fingerprint density at radius 1 is 1.07 bits per heavy atom. The highest BCUT2D eigenvalue weighted by Gasteiger charge is 2.48. The summed E-state index contributed by atoms with van der Waals surface area (Å²) >= 11 is 6.47. The summed E-state index contributed by atoms with van der Waals surface area (Å²) in [5.41, 5.74) is 2.51. The zero-order valence-electron chi connectivity index (χ0n) is 15.0. The van der Waals surface area contributed by atoms with Crippen LogP contribution in [0, 0.1) is 0 Å². The average Bonchev–Trinajstić information content (AvgIpc) is 3.47. The molecule has 29 heavy (non-hydrogen) atoms. The van der Waals surface area contributed by atoms with Crippen LogP contribution < -0.4 is 14.2 Å². The van der Waals surface area contributed by atoms with Crippen molar-refractivity contribution in [1.82, 2.24) is 15.0 Å². The molecule has 2 aromatic heterocycles. The molecule has 0 aliphatic carbocycles. The number of aliphatic hydroxyl groups is 1. The second-order valence-electron chi connectivity index (χ2n) is 7.12. The van der Waals surface area contributed by atoms with Gasteiger partial charge in [-0.05, 0) is 24.3 Å². The van der Waals surface area contributed by atoms with Crippen LogP contribution in [0.1, 0.15) is 0 Å². The van der Waals surface area contributed by atoms with Crippen molar-refractivity contribution in [3.8, 4) is 28.8 Å². The third-order valence-electron chi connectivity index (χ3n) is 5.30. The number of fused-ring (bicyclic) bond motifs is 3. The van der Waals surface area contributed by atoms with E-state index in [0.717, 1.165) is 5.56 Å². The quantitative estimate of drug-likeness (QED) is 0.665. The summed E-state index contributed by atoms with van der Waals surface area (Å²) in [6.07, 6.45) is -1.68. The summed E-state index contributed by atoms with van der Waals surface area (Å²) in [4.78, 5) is 12.1. The van der Waals surface area contributed by atoms with Crippen LogP contribution in [-0.2, 0) is 9.47 Å². The Morgan fingerprint density at radius 3 is 2.86 bits per heavy atom. The van der Waals surface area contributed by atoms with Crippen LogP contribution in [0.3, 0.4) is 0 Å². The minimum atomic E-state index is -0.631. The Balaban J connectivity index is 1.30. The van der Waals surface area contributed by atoms with E-state index in [1.807, 2.05) is 18.2 Å². The first-order valence-corrected chi connectivity index (χ1v) is 9.58. The number of imidazole rings is 1. The topological polar surface area (TPSA) is 108 Å². The van der Waals surface area contributed by atoms with Crippen LogP contribution >= 0.6 is 11.6 Å². The molecular weight excluding hydrogens is 402 g/mol. The van der Waals surface area contributed by atoms with Crippen molar-refractivity contribution in [3.63, 3.8) is 0 Å². The van der Waals surface area contributed by atoms with Gasteiger partial charge < -0.3 is 33.8 Å². The minimum absolute atomic E-state index is 0.201. The smallest absolute Gasteiger partial charge is 0.296 e. The van der Waals surface area contributed by atoms with E-state index in [1.165, 1.54) is 0 Å². The van der Waals surface area contributed by atoms with Gasteiger partial charge in [-0.1, -0.05) is 11.6 Å². The molecule has 0 saturated carbocycles. The number of nitrogens with zero attached hydrogens (tertiary/aromatic N) is 2. The zero-order chi connectivity index (χ0) is 19.5. The number of aromatic nitrogens is 3. The molecule has 0 radical (unpaired) electrons. The molecule has 150 valence electrons. The molecule has 6 rings (SSSR count). The number of aromatic amines is 1. The number of benzene rings is 1. The third-order valence-corrected chi connectivity index (χ3v) is 5.58. The third kappa shape index (κ3) is 2.81. The molecular formula is C19H16ClN3O6. The first-order chi connectivity index (χ1) is 14.2. The number of hydrogen-bond acceptors (Lipinski definition) is 8. The summed E-state index contributed by atoms with van der Waals surface area (Å²) in [5, 5.41) is 10.3. The van der Waals surface area contributed by atoms with Crippen molar-refractivity contribution in [3.05, 3.63) is 29.3 Å². The molecule has 5 heterocycles. The maximum atomic E-state index is 9.85. The summed E-state index contributed by atoms with van der Waals surface area (Å²) in [6.45, 7) is 0.762. The average molecular weight is 418 g/mol. The summed E-state index contributed by atoms with van der Waals surface area (Å²) < 4.78 is 27.9. The fraction of sp³-hybridized carbons (Fsp3) is 0.368. The highest BCUT2D eigenvalue weighted by atomic mass is 35.5. The minimum Gasteiger partial charge on any atom is -0.456 e. The number of H-pyrrole nitrogens is 1. The van der Waals surface area contributed by atoms with Crippen LogP contribution in [0.4, 0.5) is 0 Å². The predicted octanol–water partition coefficient (Wildman–Crippen LogP) is 1.91. The van der Waals surface area contributed by atoms with E-state index in [4.69, 9.17) is 35.3 Å². The lowest BCUT2D eigenvalue weighted by Crippen LogP contribution is -2.34. The van der Waals surface area contributed by atoms with E-state index in [0.29, 0.717) is 46.0 Å². The van der Waals surface area contributed by atoms with Gasteiger partial charge in [0.05, 0.1) is 29.4 Å². The molecule has 0 amide bonds. The molecule has 9 nitrogen and oxygen atoms in total. The number of nitrogens with one attached hydrogen (secondary N) is 1. The Kier molecular flexibility index (Phi) is 3.85. The lowest BCUT2D eigenvalue weighted by atomic mass is 10.1. The van der Waals surface area contributed by atoms with E-state index < -0.39 is 6.10 Å². The second kappa shape index (κ2) is 6.46. The Hall–Kier alpha value is -2.59. The fourth-order valence-corrected chi connectivity index (χ4v) is 4.15. The van der Waals surface area contributed by atoms with Crippen molar-refractivity contribution in [2.45, 2.75) is 24.4 Å². The molecule has 3 aliphatic heterocycles. The van der Waals surface area contributed by atoms with Gasteiger partial charge in [-0.15, -0.1) is 0 Å². The van der Waals surface area contributed by atoms with Crippen LogP contribution in [0.15, 0.2) is 24.3 Å². The SMILES string of the molecule is O[C@@H]1CO[C@H]2[C@@H]1OC[C@H]2Oc1nc2nc(-c3ccc4c(c3)OCO4)c(Cl)cc2[nH]1. The molecule has 2 saturated heterocycles. The number of halogens is 1. The first-order valence-electron chi connectivity index (χ1n) is 9.20. The van der Waals surface area contributed by atoms with Gasteiger partial charge in [0.1, 0.15) is 18.3 Å². The molecule has 1 aromatic carbocycles. The highest BCUT2D eigenvalue weighted by Crippen LogP contribution is 2.38. The molecule has 10 heteroatoms. The lowest BCUT2D eigenvalue weighted by Gasteiger charge is -2.15. The van der Waals surface area contributed by atoms with Crippen molar-refractivity contribution >= 4 is 22.8 Å². The lowest BCUT2D eigenvalue weighted by molar-refractivity contribution is 0.00706. The van der Waals surface area contributed by atoms with E-state index in [9.17, 15) is 5.11 Å². The molecule has 0 bridgehead atoms. The van der Waals surface area contributed by atoms with Gasteiger partial charge in [0.15, 0.2) is 23.3 Å². The van der Waals surface area contributed by atoms with E-state index in [-0.39, 0.29) is 31.7 Å². The van der Waals surface area contributed by atoms with Gasteiger partial charge in [-0.25, -0.2) is 4.98 Å². The predicted molar refractivity (Wildman–Crippen MR) is 100 cm³/mol. The monoisotopic (exact) mass is 417 g/mol. The van der Waals surface area contributed by atoms with E-state index in [1.54, 1.807) is 6.07 Å². The zero-order valence-corrected chi connectivity index (χ0v) is 15.8. The Bertz CT molecular complexity index is 1100. The highest BCUT2D eigenvalue weighted by molar-refractivity contribution is 6.33. The maximum absolute atomic E-state index is 9.85. The molecule has 0 unspecified atom stereocenters. The normalized spacial score (nSPS) is 27.5. The van der Waals surface area contributed by atoms with E-state index >= 15 is 0 Å². The number of pyridine rings is 1. The fourth-order valence-electron chi connectivity index (χ4n) is 3.89. The summed E-state index contributed by atoms with van der Waals surface area (Å²) in [5.74, 6) is 1.35. The molecule has 3 aliphatic rings. The Labute approximate surface area is 169 Å². The van der Waals surface area contributed by atoms with Crippen molar-refractivity contribution in [2.24, 2.45) is 0 Å². The molecule has 4 atom stereocenters. The van der Waals surface area contributed by atoms with Crippen LogP contribution in [-0.4, -0.2) is 64.5 Å².